The monoisotopic (exact) mass is 227 g/mol. The van der Waals surface area contributed by atoms with E-state index in [4.69, 9.17) is 4.84 Å². The third-order valence-electron chi connectivity index (χ3n) is 1.98. The van der Waals surface area contributed by atoms with Gasteiger partial charge < -0.3 is 0 Å². The summed E-state index contributed by atoms with van der Waals surface area (Å²) in [4.78, 5) is 24.6. The van der Waals surface area contributed by atoms with Crippen molar-refractivity contribution in [3.8, 4) is 0 Å². The summed E-state index contributed by atoms with van der Waals surface area (Å²) in [5.74, 6) is 0. The molecule has 0 aromatic heterocycles. The maximum Gasteiger partial charge on any atom is 0.301 e. The Kier molecular flexibility index (Phi) is 3.36. The molecule has 0 unspecified atom stereocenters. The molecule has 0 radical (unpaired) electrons. The Morgan fingerprint density at radius 2 is 1.88 bits per heavy atom. The van der Waals surface area contributed by atoms with Gasteiger partial charge in [-0.1, -0.05) is 0 Å². The Morgan fingerprint density at radius 3 is 2.31 bits per heavy atom. The zero-order chi connectivity index (χ0) is 12.3. The van der Waals surface area contributed by atoms with E-state index in [1.807, 2.05) is 0 Å². The number of anilines is 1. The van der Waals surface area contributed by atoms with E-state index in [9.17, 15) is 20.2 Å². The predicted octanol–water partition coefficient (Wildman–Crippen LogP) is 1.50. The van der Waals surface area contributed by atoms with Gasteiger partial charge in [-0.25, -0.2) is 0 Å². The number of hydrogen-bond acceptors (Lipinski definition) is 6. The highest BCUT2D eigenvalue weighted by Gasteiger charge is 2.21. The quantitative estimate of drug-likeness (QED) is 0.570. The Hall–Kier alpha value is -2.22. The number of non-ortho nitro benzene ring substituents is 1. The Morgan fingerprint density at radius 1 is 1.25 bits per heavy atom. The number of hydrogen-bond donors (Lipinski definition) is 0. The maximum atomic E-state index is 10.7. The fourth-order valence-corrected chi connectivity index (χ4v) is 1.14. The second-order valence-corrected chi connectivity index (χ2v) is 2.87. The van der Waals surface area contributed by atoms with Crippen molar-refractivity contribution in [3.05, 3.63) is 38.4 Å². The van der Waals surface area contributed by atoms with Crippen molar-refractivity contribution in [1.82, 2.24) is 0 Å². The molecule has 1 aromatic carbocycles. The van der Waals surface area contributed by atoms with Crippen molar-refractivity contribution in [2.75, 3.05) is 19.2 Å². The van der Waals surface area contributed by atoms with Gasteiger partial charge in [-0.3, -0.25) is 30.1 Å². The average molecular weight is 227 g/mol. The van der Waals surface area contributed by atoms with Gasteiger partial charge in [0, 0.05) is 13.1 Å². The van der Waals surface area contributed by atoms with Crippen LogP contribution >= 0.6 is 0 Å². The minimum absolute atomic E-state index is 0.151. The summed E-state index contributed by atoms with van der Waals surface area (Å²) in [7, 11) is 2.80. The Bertz CT molecular complexity index is 434. The lowest BCUT2D eigenvalue weighted by Crippen LogP contribution is -2.16. The summed E-state index contributed by atoms with van der Waals surface area (Å²) in [6, 6.07) is 3.34. The van der Waals surface area contributed by atoms with Crippen LogP contribution in [0, 0.1) is 20.2 Å². The summed E-state index contributed by atoms with van der Waals surface area (Å²) in [6.07, 6.45) is 0. The largest absolute Gasteiger partial charge is 0.301 e. The van der Waals surface area contributed by atoms with Crippen LogP contribution < -0.4 is 5.06 Å². The molecule has 16 heavy (non-hydrogen) atoms. The van der Waals surface area contributed by atoms with Crippen LogP contribution in [-0.4, -0.2) is 24.0 Å². The highest BCUT2D eigenvalue weighted by molar-refractivity contribution is 5.65. The van der Waals surface area contributed by atoms with Gasteiger partial charge in [0.2, 0.25) is 0 Å². The molecule has 8 nitrogen and oxygen atoms in total. The van der Waals surface area contributed by atoms with Crippen LogP contribution in [0.25, 0.3) is 0 Å². The number of benzene rings is 1. The minimum Gasteiger partial charge on any atom is -0.277 e. The standard InChI is InChI=1S/C8H9N3O5/c1-9(16-2)7-4-3-6(10(12)13)5-8(7)11(14)15/h3-5H,1-2H3. The summed E-state index contributed by atoms with van der Waals surface area (Å²) >= 11 is 0. The van der Waals surface area contributed by atoms with E-state index in [1.54, 1.807) is 0 Å². The summed E-state index contributed by atoms with van der Waals surface area (Å²) in [5.41, 5.74) is -0.559. The van der Waals surface area contributed by atoms with Crippen LogP contribution in [-0.2, 0) is 4.84 Å². The molecule has 0 saturated heterocycles. The third-order valence-corrected chi connectivity index (χ3v) is 1.98. The van der Waals surface area contributed by atoms with E-state index in [0.29, 0.717) is 0 Å². The van der Waals surface area contributed by atoms with E-state index in [0.717, 1.165) is 11.1 Å². The zero-order valence-corrected chi connectivity index (χ0v) is 8.61. The first kappa shape index (κ1) is 11.9. The smallest absolute Gasteiger partial charge is 0.277 e. The molecule has 0 saturated carbocycles. The van der Waals surface area contributed by atoms with Crippen molar-refractivity contribution < 1.29 is 14.7 Å². The predicted molar refractivity (Wildman–Crippen MR) is 55.2 cm³/mol. The van der Waals surface area contributed by atoms with Crippen molar-refractivity contribution >= 4 is 17.1 Å². The fourth-order valence-electron chi connectivity index (χ4n) is 1.14. The second kappa shape index (κ2) is 4.53. The van der Waals surface area contributed by atoms with Crippen LogP contribution in [0.15, 0.2) is 18.2 Å². The maximum absolute atomic E-state index is 10.7. The van der Waals surface area contributed by atoms with Crippen LogP contribution in [0.4, 0.5) is 17.1 Å². The van der Waals surface area contributed by atoms with E-state index in [1.165, 1.54) is 26.3 Å². The van der Waals surface area contributed by atoms with Crippen molar-refractivity contribution in [2.24, 2.45) is 0 Å². The van der Waals surface area contributed by atoms with Crippen molar-refractivity contribution in [3.63, 3.8) is 0 Å². The molecule has 0 spiro atoms. The molecular weight excluding hydrogens is 218 g/mol. The average Bonchev–Trinajstić information content (AvgIpc) is 2.26. The van der Waals surface area contributed by atoms with Crippen molar-refractivity contribution in [1.29, 1.82) is 0 Å². The highest BCUT2D eigenvalue weighted by atomic mass is 16.7. The van der Waals surface area contributed by atoms with E-state index < -0.39 is 9.85 Å². The molecule has 8 heteroatoms. The van der Waals surface area contributed by atoms with Crippen LogP contribution in [0.1, 0.15) is 0 Å². The molecule has 0 fully saturated rings. The number of hydroxylamine groups is 1. The van der Waals surface area contributed by atoms with Crippen LogP contribution in [0.3, 0.4) is 0 Å². The first-order chi connectivity index (χ1) is 7.47. The number of nitrogens with zero attached hydrogens (tertiary/aromatic N) is 3. The Labute approximate surface area is 90.3 Å². The van der Waals surface area contributed by atoms with Gasteiger partial charge in [-0.2, -0.15) is 0 Å². The van der Waals surface area contributed by atoms with Gasteiger partial charge in [0.25, 0.3) is 5.69 Å². The van der Waals surface area contributed by atoms with Crippen LogP contribution in [0.5, 0.6) is 0 Å². The van der Waals surface area contributed by atoms with E-state index >= 15 is 0 Å². The van der Waals surface area contributed by atoms with E-state index in [2.05, 4.69) is 0 Å². The topological polar surface area (TPSA) is 98.8 Å². The number of rotatable bonds is 4. The molecule has 0 atom stereocenters. The molecule has 86 valence electrons. The Balaban J connectivity index is 3.30. The van der Waals surface area contributed by atoms with Gasteiger partial charge >= 0.3 is 5.69 Å². The lowest BCUT2D eigenvalue weighted by Gasteiger charge is -2.15. The number of nitro benzene ring substituents is 2. The van der Waals surface area contributed by atoms with Gasteiger partial charge in [0.1, 0.15) is 5.69 Å². The molecule has 0 N–H and O–H groups in total. The molecule has 0 aliphatic rings. The summed E-state index contributed by atoms with van der Waals surface area (Å²) in [5, 5.41) is 22.3. The van der Waals surface area contributed by atoms with E-state index in [-0.39, 0.29) is 17.1 Å². The van der Waals surface area contributed by atoms with Gasteiger partial charge in [-0.15, -0.1) is 0 Å². The molecular formula is C8H9N3O5. The van der Waals surface area contributed by atoms with Gasteiger partial charge in [-0.05, 0) is 6.07 Å². The van der Waals surface area contributed by atoms with Gasteiger partial charge in [0.05, 0.1) is 23.0 Å². The first-order valence-electron chi connectivity index (χ1n) is 4.18. The summed E-state index contributed by atoms with van der Waals surface area (Å²) < 4.78 is 0. The highest BCUT2D eigenvalue weighted by Crippen LogP contribution is 2.31. The SMILES string of the molecule is CON(C)c1ccc([N+](=O)[O-])cc1[N+](=O)[O-]. The summed E-state index contributed by atoms with van der Waals surface area (Å²) in [6.45, 7) is 0. The minimum atomic E-state index is -0.697. The molecule has 0 amide bonds. The van der Waals surface area contributed by atoms with Crippen LogP contribution in [0.2, 0.25) is 0 Å². The lowest BCUT2D eigenvalue weighted by atomic mass is 10.2. The second-order valence-electron chi connectivity index (χ2n) is 2.87. The lowest BCUT2D eigenvalue weighted by molar-refractivity contribution is -0.393. The molecule has 0 heterocycles. The number of nitro groups is 2. The molecule has 0 aliphatic carbocycles. The molecule has 0 aliphatic heterocycles. The van der Waals surface area contributed by atoms with Crippen molar-refractivity contribution in [2.45, 2.75) is 0 Å². The fraction of sp³-hybridized carbons (Fsp3) is 0.250. The molecule has 1 aromatic rings. The molecule has 1 rings (SSSR count). The first-order valence-corrected chi connectivity index (χ1v) is 4.18. The third kappa shape index (κ3) is 2.23. The molecule has 0 bridgehead atoms. The normalized spacial score (nSPS) is 9.88. The zero-order valence-electron chi connectivity index (χ0n) is 8.61. The van der Waals surface area contributed by atoms with Gasteiger partial charge in [0.15, 0.2) is 0 Å².